The van der Waals surface area contributed by atoms with Crippen LogP contribution in [0.15, 0.2) is 56.3 Å². The van der Waals surface area contributed by atoms with Gasteiger partial charge in [-0.25, -0.2) is 4.79 Å². The zero-order valence-corrected chi connectivity index (χ0v) is 18.5. The molecule has 2 aromatic carbocycles. The van der Waals surface area contributed by atoms with Gasteiger partial charge in [0.1, 0.15) is 5.69 Å². The minimum atomic E-state index is -0.692. The predicted octanol–water partition coefficient (Wildman–Crippen LogP) is 4.26. The van der Waals surface area contributed by atoms with E-state index in [2.05, 4.69) is 46.2 Å². The summed E-state index contributed by atoms with van der Waals surface area (Å²) in [6.45, 7) is 1.94. The number of fused-ring (bicyclic) bond motifs is 1. The smallest absolute Gasteiger partial charge is 0.349 e. The van der Waals surface area contributed by atoms with Crippen LogP contribution >= 0.6 is 15.9 Å². The van der Waals surface area contributed by atoms with Crippen molar-refractivity contribution < 1.29 is 14.1 Å². The van der Waals surface area contributed by atoms with Crippen LogP contribution in [0.25, 0.3) is 22.3 Å². The maximum atomic E-state index is 13.0. The lowest BCUT2D eigenvalue weighted by Crippen LogP contribution is -2.21. The van der Waals surface area contributed by atoms with Crippen molar-refractivity contribution >= 4 is 50.0 Å². The van der Waals surface area contributed by atoms with Crippen molar-refractivity contribution in [2.75, 3.05) is 10.6 Å². The number of nitrogens with zero attached hydrogens (tertiary/aromatic N) is 1. The van der Waals surface area contributed by atoms with Gasteiger partial charge in [-0.1, -0.05) is 40.1 Å². The number of hydrogen-bond donors (Lipinski definition) is 4. The van der Waals surface area contributed by atoms with Crippen LogP contribution in [-0.2, 0) is 4.79 Å². The standard InChI is InChI=1S/C22H18BrN5O4/c1-22(7-8-22)20(30)26-15-4-2-3-11-9-16(24-17(11)15)19(29)25-14-6-5-12(23)10-13(14)18-27-21(31)32-28-18/h2-6,9-10,24H,7-8H2,1H3,(H,25,29)(H,26,30)(H,27,28,31). The second-order valence-corrected chi connectivity index (χ2v) is 8.97. The molecule has 2 heterocycles. The van der Waals surface area contributed by atoms with Crippen LogP contribution < -0.4 is 16.4 Å². The third-order valence-corrected chi connectivity index (χ3v) is 6.12. The van der Waals surface area contributed by atoms with E-state index in [-0.39, 0.29) is 23.1 Å². The number of rotatable bonds is 5. The molecule has 1 aliphatic carbocycles. The summed E-state index contributed by atoms with van der Waals surface area (Å²) in [7, 11) is 0. The number of carbonyl (C=O) groups is 2. The fourth-order valence-corrected chi connectivity index (χ4v) is 3.79. The number of para-hydroxylation sites is 1. The molecule has 0 unspecified atom stereocenters. The molecular weight excluding hydrogens is 478 g/mol. The Morgan fingerprint density at radius 2 is 1.91 bits per heavy atom. The molecule has 0 bridgehead atoms. The van der Waals surface area contributed by atoms with Crippen LogP contribution in [0.5, 0.6) is 0 Å². The van der Waals surface area contributed by atoms with E-state index in [4.69, 9.17) is 0 Å². The monoisotopic (exact) mass is 495 g/mol. The summed E-state index contributed by atoms with van der Waals surface area (Å²) in [5.41, 5.74) is 2.24. The van der Waals surface area contributed by atoms with Crippen molar-refractivity contribution in [1.29, 1.82) is 0 Å². The van der Waals surface area contributed by atoms with Gasteiger partial charge in [-0.2, -0.15) is 0 Å². The summed E-state index contributed by atoms with van der Waals surface area (Å²) in [6, 6.07) is 12.4. The highest BCUT2D eigenvalue weighted by Crippen LogP contribution is 2.46. The van der Waals surface area contributed by atoms with Crippen molar-refractivity contribution in [3.8, 4) is 11.4 Å². The van der Waals surface area contributed by atoms with Crippen molar-refractivity contribution in [1.82, 2.24) is 15.1 Å². The van der Waals surface area contributed by atoms with Crippen LogP contribution in [0.2, 0.25) is 0 Å². The summed E-state index contributed by atoms with van der Waals surface area (Å²) in [5, 5.41) is 10.3. The highest BCUT2D eigenvalue weighted by atomic mass is 79.9. The number of hydrogen-bond acceptors (Lipinski definition) is 5. The number of H-pyrrole nitrogens is 2. The maximum Gasteiger partial charge on any atom is 0.439 e. The van der Waals surface area contributed by atoms with Crippen molar-refractivity contribution in [3.63, 3.8) is 0 Å². The first kappa shape index (κ1) is 20.3. The lowest BCUT2D eigenvalue weighted by Gasteiger charge is -2.11. The Bertz CT molecular complexity index is 1430. The minimum absolute atomic E-state index is 0.0216. The molecule has 9 nitrogen and oxygen atoms in total. The number of carbonyl (C=O) groups excluding carboxylic acids is 2. The second-order valence-electron chi connectivity index (χ2n) is 8.06. The summed E-state index contributed by atoms with van der Waals surface area (Å²) in [5.74, 6) is -0.905. The average molecular weight is 496 g/mol. The molecule has 4 N–H and O–H groups in total. The van der Waals surface area contributed by atoms with E-state index in [1.165, 1.54) is 0 Å². The van der Waals surface area contributed by atoms with Gasteiger partial charge in [0.05, 0.1) is 16.9 Å². The van der Waals surface area contributed by atoms with Gasteiger partial charge in [-0.15, -0.1) is 0 Å². The highest BCUT2D eigenvalue weighted by molar-refractivity contribution is 9.10. The van der Waals surface area contributed by atoms with Crippen LogP contribution in [-0.4, -0.2) is 26.9 Å². The first-order valence-electron chi connectivity index (χ1n) is 9.93. The molecule has 0 aliphatic heterocycles. The fraction of sp³-hybridized carbons (Fsp3) is 0.182. The highest BCUT2D eigenvalue weighted by Gasteiger charge is 2.45. The van der Waals surface area contributed by atoms with Crippen LogP contribution in [0.4, 0.5) is 11.4 Å². The molecule has 1 saturated carbocycles. The Kier molecular flexibility index (Phi) is 4.74. The molecule has 32 heavy (non-hydrogen) atoms. The van der Waals surface area contributed by atoms with E-state index in [1.54, 1.807) is 30.3 Å². The molecule has 5 rings (SSSR count). The molecule has 10 heteroatoms. The Hall–Kier alpha value is -3.66. The van der Waals surface area contributed by atoms with Gasteiger partial charge in [0.2, 0.25) is 5.91 Å². The average Bonchev–Trinajstić information content (AvgIpc) is 3.17. The summed E-state index contributed by atoms with van der Waals surface area (Å²) >= 11 is 3.38. The van der Waals surface area contributed by atoms with E-state index in [0.29, 0.717) is 28.1 Å². The Balaban J connectivity index is 1.44. The van der Waals surface area contributed by atoms with E-state index in [9.17, 15) is 14.4 Å². The Morgan fingerprint density at radius 3 is 2.62 bits per heavy atom. The van der Waals surface area contributed by atoms with Crippen LogP contribution in [0.3, 0.4) is 0 Å². The van der Waals surface area contributed by atoms with Crippen LogP contribution in [0, 0.1) is 5.41 Å². The number of aromatic amines is 2. The maximum absolute atomic E-state index is 13.0. The van der Waals surface area contributed by atoms with Gasteiger partial charge >= 0.3 is 5.76 Å². The van der Waals surface area contributed by atoms with Crippen molar-refractivity contribution in [2.24, 2.45) is 5.41 Å². The molecule has 4 aromatic rings. The number of amides is 2. The third kappa shape index (κ3) is 3.73. The van der Waals surface area contributed by atoms with Gasteiger partial charge in [0.25, 0.3) is 5.91 Å². The molecule has 0 atom stereocenters. The predicted molar refractivity (Wildman–Crippen MR) is 122 cm³/mol. The lowest BCUT2D eigenvalue weighted by atomic mass is 10.1. The fourth-order valence-electron chi connectivity index (χ4n) is 3.43. The van der Waals surface area contributed by atoms with E-state index < -0.39 is 5.76 Å². The van der Waals surface area contributed by atoms with Gasteiger partial charge in [-0.3, -0.25) is 19.1 Å². The lowest BCUT2D eigenvalue weighted by molar-refractivity contribution is -0.120. The largest absolute Gasteiger partial charge is 0.439 e. The normalized spacial score (nSPS) is 14.3. The van der Waals surface area contributed by atoms with Gasteiger partial charge in [0.15, 0.2) is 5.82 Å². The molecule has 0 saturated heterocycles. The summed E-state index contributed by atoms with van der Waals surface area (Å²) in [6.07, 6.45) is 1.75. The molecule has 2 amide bonds. The number of aromatic nitrogens is 3. The summed E-state index contributed by atoms with van der Waals surface area (Å²) < 4.78 is 5.33. The molecule has 2 aromatic heterocycles. The molecule has 0 spiro atoms. The van der Waals surface area contributed by atoms with Crippen molar-refractivity contribution in [3.05, 3.63) is 63.2 Å². The number of benzene rings is 2. The molecule has 1 aliphatic rings. The van der Waals surface area contributed by atoms with Crippen LogP contribution in [0.1, 0.15) is 30.3 Å². The molecule has 1 fully saturated rings. The Morgan fingerprint density at radius 1 is 1.09 bits per heavy atom. The number of halogens is 1. The minimum Gasteiger partial charge on any atom is -0.349 e. The zero-order valence-electron chi connectivity index (χ0n) is 16.9. The van der Waals surface area contributed by atoms with Gasteiger partial charge in [-0.05, 0) is 43.2 Å². The first-order chi connectivity index (χ1) is 15.3. The van der Waals surface area contributed by atoms with Gasteiger partial charge < -0.3 is 15.6 Å². The quantitative estimate of drug-likeness (QED) is 0.328. The molecule has 0 radical (unpaired) electrons. The number of anilines is 2. The summed E-state index contributed by atoms with van der Waals surface area (Å²) in [4.78, 5) is 42.4. The Labute approximate surface area is 189 Å². The number of nitrogens with one attached hydrogen (secondary N) is 4. The molecular formula is C22H18BrN5O4. The van der Waals surface area contributed by atoms with E-state index in [0.717, 1.165) is 22.7 Å². The second kappa shape index (κ2) is 7.49. The van der Waals surface area contributed by atoms with E-state index >= 15 is 0 Å². The van der Waals surface area contributed by atoms with Crippen molar-refractivity contribution in [2.45, 2.75) is 19.8 Å². The molecule has 162 valence electrons. The first-order valence-corrected chi connectivity index (χ1v) is 10.7. The van der Waals surface area contributed by atoms with E-state index in [1.807, 2.05) is 19.1 Å². The SMILES string of the molecule is CC1(C(=O)Nc2cccc3cc(C(=O)Nc4ccc(Br)cc4-c4noc(=O)[nH]4)[nH]c23)CC1. The zero-order chi connectivity index (χ0) is 22.5. The topological polar surface area (TPSA) is 133 Å². The third-order valence-electron chi connectivity index (χ3n) is 5.62. The van der Waals surface area contributed by atoms with Gasteiger partial charge in [0, 0.05) is 20.8 Å².